The monoisotopic (exact) mass is 375 g/mol. The maximum Gasteiger partial charge on any atom is 0.291 e. The van der Waals surface area contributed by atoms with Crippen molar-refractivity contribution < 1.29 is 4.92 Å². The van der Waals surface area contributed by atoms with Gasteiger partial charge in [0, 0.05) is 17.5 Å². The summed E-state index contributed by atoms with van der Waals surface area (Å²) in [5, 5.41) is 16.2. The molecule has 0 fully saturated rings. The molecule has 130 valence electrons. The molecule has 0 amide bonds. The molecule has 0 bridgehead atoms. The molecule has 8 nitrogen and oxygen atoms in total. The molecule has 0 aliphatic heterocycles. The molecule has 0 spiro atoms. The van der Waals surface area contributed by atoms with E-state index in [1.54, 1.807) is 18.2 Å². The predicted octanol–water partition coefficient (Wildman–Crippen LogP) is 2.31. The van der Waals surface area contributed by atoms with E-state index in [1.807, 2.05) is 24.3 Å². The van der Waals surface area contributed by atoms with Crippen molar-refractivity contribution in [2.45, 2.75) is 0 Å². The molecule has 5 aromatic rings. The summed E-state index contributed by atoms with van der Waals surface area (Å²) in [6, 6.07) is 13.6. The molecule has 0 N–H and O–H groups in total. The normalized spacial score (nSPS) is 12.4. The fraction of sp³-hybridized carbons (Fsp3) is 0. The SMILES string of the molecule is O=c1/c(=C/c2cccc([N+](=O)[O-])c2)sc2nc3nc4ccccc4c3nn12. The van der Waals surface area contributed by atoms with Crippen molar-refractivity contribution in [2.24, 2.45) is 0 Å². The van der Waals surface area contributed by atoms with Crippen molar-refractivity contribution in [3.05, 3.63) is 79.1 Å². The van der Waals surface area contributed by atoms with E-state index in [-0.39, 0.29) is 11.2 Å². The Labute approximate surface area is 154 Å². The van der Waals surface area contributed by atoms with Crippen LogP contribution >= 0.6 is 11.3 Å². The summed E-state index contributed by atoms with van der Waals surface area (Å²) in [7, 11) is 0. The number of benzene rings is 2. The van der Waals surface area contributed by atoms with Crippen LogP contribution in [0.4, 0.5) is 5.69 Å². The van der Waals surface area contributed by atoms with Gasteiger partial charge in [-0.15, -0.1) is 0 Å². The zero-order valence-corrected chi connectivity index (χ0v) is 14.4. The first kappa shape index (κ1) is 15.5. The van der Waals surface area contributed by atoms with E-state index in [0.717, 1.165) is 10.9 Å². The largest absolute Gasteiger partial charge is 0.291 e. The summed E-state index contributed by atoms with van der Waals surface area (Å²) in [5.74, 6) is 0. The number of rotatable bonds is 2. The van der Waals surface area contributed by atoms with Crippen LogP contribution < -0.4 is 10.1 Å². The van der Waals surface area contributed by atoms with Crippen LogP contribution in [-0.2, 0) is 0 Å². The molecule has 0 atom stereocenters. The van der Waals surface area contributed by atoms with Crippen LogP contribution in [0.3, 0.4) is 0 Å². The van der Waals surface area contributed by atoms with Crippen molar-refractivity contribution in [2.75, 3.05) is 0 Å². The van der Waals surface area contributed by atoms with Crippen molar-refractivity contribution in [1.82, 2.24) is 19.6 Å². The van der Waals surface area contributed by atoms with Crippen molar-refractivity contribution in [1.29, 1.82) is 0 Å². The van der Waals surface area contributed by atoms with Crippen LogP contribution in [0, 0.1) is 10.1 Å². The van der Waals surface area contributed by atoms with Crippen LogP contribution in [0.5, 0.6) is 0 Å². The van der Waals surface area contributed by atoms with Crippen molar-refractivity contribution in [3.8, 4) is 0 Å². The number of nitro benzene ring substituents is 1. The Kier molecular flexibility index (Phi) is 3.25. The van der Waals surface area contributed by atoms with Gasteiger partial charge in [0.1, 0.15) is 5.52 Å². The highest BCUT2D eigenvalue weighted by Crippen LogP contribution is 2.22. The number of non-ortho nitro benzene ring substituents is 1. The molecule has 0 unspecified atom stereocenters. The minimum absolute atomic E-state index is 0.0319. The second-order valence-electron chi connectivity index (χ2n) is 5.88. The van der Waals surface area contributed by atoms with E-state index >= 15 is 0 Å². The zero-order chi connectivity index (χ0) is 18.5. The Balaban J connectivity index is 1.76. The molecule has 2 aromatic carbocycles. The molecule has 0 aliphatic carbocycles. The van der Waals surface area contributed by atoms with Gasteiger partial charge in [0.05, 0.1) is 15.0 Å². The summed E-state index contributed by atoms with van der Waals surface area (Å²) in [6.07, 6.45) is 1.60. The fourth-order valence-electron chi connectivity index (χ4n) is 2.93. The highest BCUT2D eigenvalue weighted by atomic mass is 32.1. The topological polar surface area (TPSA) is 103 Å². The maximum absolute atomic E-state index is 12.7. The number of nitrogens with zero attached hydrogens (tertiary/aromatic N) is 5. The Morgan fingerprint density at radius 3 is 2.81 bits per heavy atom. The molecular formula is C18H9N5O3S. The second kappa shape index (κ2) is 5.64. The van der Waals surface area contributed by atoms with Gasteiger partial charge in [-0.05, 0) is 17.7 Å². The Morgan fingerprint density at radius 2 is 1.96 bits per heavy atom. The van der Waals surface area contributed by atoms with Gasteiger partial charge in [0.25, 0.3) is 11.2 Å². The number of hydrogen-bond donors (Lipinski definition) is 0. The third-order valence-corrected chi connectivity index (χ3v) is 5.12. The summed E-state index contributed by atoms with van der Waals surface area (Å²) in [5.41, 5.74) is 2.05. The first-order chi connectivity index (χ1) is 13.1. The average molecular weight is 375 g/mol. The first-order valence-electron chi connectivity index (χ1n) is 7.94. The van der Waals surface area contributed by atoms with Gasteiger partial charge in [-0.2, -0.15) is 14.6 Å². The van der Waals surface area contributed by atoms with Gasteiger partial charge < -0.3 is 0 Å². The molecule has 3 heterocycles. The number of nitro groups is 1. The summed E-state index contributed by atoms with van der Waals surface area (Å²) in [4.78, 5) is 32.5. The van der Waals surface area contributed by atoms with Crippen LogP contribution in [-0.4, -0.2) is 24.5 Å². The second-order valence-corrected chi connectivity index (χ2v) is 6.88. The van der Waals surface area contributed by atoms with Crippen LogP contribution in [0.1, 0.15) is 5.56 Å². The molecule has 0 radical (unpaired) electrons. The Hall–Kier alpha value is -3.72. The Bertz CT molecular complexity index is 1490. The summed E-state index contributed by atoms with van der Waals surface area (Å²) < 4.78 is 1.65. The number of aromatic nitrogens is 4. The molecule has 3 aromatic heterocycles. The number of para-hydroxylation sites is 1. The summed E-state index contributed by atoms with van der Waals surface area (Å²) >= 11 is 1.17. The molecule has 0 saturated carbocycles. The van der Waals surface area contributed by atoms with Gasteiger partial charge in [0.15, 0.2) is 5.65 Å². The van der Waals surface area contributed by atoms with Crippen LogP contribution in [0.15, 0.2) is 53.3 Å². The lowest BCUT2D eigenvalue weighted by Crippen LogP contribution is -2.24. The maximum atomic E-state index is 12.7. The van der Waals surface area contributed by atoms with E-state index in [4.69, 9.17) is 0 Å². The number of hydrogen-bond acceptors (Lipinski definition) is 7. The third kappa shape index (κ3) is 2.44. The van der Waals surface area contributed by atoms with Gasteiger partial charge in [0.2, 0.25) is 4.96 Å². The van der Waals surface area contributed by atoms with Crippen LogP contribution in [0.2, 0.25) is 0 Å². The molecule has 9 heteroatoms. The van der Waals surface area contributed by atoms with Crippen molar-refractivity contribution >= 4 is 50.1 Å². The molecule has 0 saturated heterocycles. The number of fused-ring (bicyclic) bond motifs is 4. The molecule has 0 aliphatic rings. The van der Waals surface area contributed by atoms with Crippen molar-refractivity contribution in [3.63, 3.8) is 0 Å². The van der Waals surface area contributed by atoms with Gasteiger partial charge in [-0.1, -0.05) is 41.7 Å². The predicted molar refractivity (Wildman–Crippen MR) is 102 cm³/mol. The highest BCUT2D eigenvalue weighted by molar-refractivity contribution is 7.15. The average Bonchev–Trinajstić information content (AvgIpc) is 3.17. The molecule has 5 rings (SSSR count). The van der Waals surface area contributed by atoms with Gasteiger partial charge in [-0.25, -0.2) is 4.98 Å². The number of thiazole rings is 1. The fourth-order valence-corrected chi connectivity index (χ4v) is 3.84. The lowest BCUT2D eigenvalue weighted by Gasteiger charge is -1.92. The standard InChI is InChI=1S/C18H9N5O3S/c24-17-14(9-10-4-3-5-11(8-10)23(25)26)27-18-20-16-15(21-22(17)18)12-6-1-2-7-13(12)19-16/h1-9H/b14-9-. The van der Waals surface area contributed by atoms with Gasteiger partial charge in [-0.3, -0.25) is 14.9 Å². The lowest BCUT2D eigenvalue weighted by atomic mass is 10.2. The molecule has 27 heavy (non-hydrogen) atoms. The molecular weight excluding hydrogens is 366 g/mol. The Morgan fingerprint density at radius 1 is 1.11 bits per heavy atom. The van der Waals surface area contributed by atoms with E-state index in [2.05, 4.69) is 15.1 Å². The van der Waals surface area contributed by atoms with E-state index in [1.165, 1.54) is 28.0 Å². The third-order valence-electron chi connectivity index (χ3n) is 4.16. The zero-order valence-electron chi connectivity index (χ0n) is 13.6. The van der Waals surface area contributed by atoms with E-state index in [0.29, 0.717) is 26.2 Å². The van der Waals surface area contributed by atoms with Gasteiger partial charge >= 0.3 is 0 Å². The van der Waals surface area contributed by atoms with Crippen LogP contribution in [0.25, 0.3) is 33.1 Å². The minimum atomic E-state index is -0.471. The minimum Gasteiger partial charge on any atom is -0.266 e. The van der Waals surface area contributed by atoms with E-state index in [9.17, 15) is 14.9 Å². The quantitative estimate of drug-likeness (QED) is 0.346. The van der Waals surface area contributed by atoms with E-state index < -0.39 is 4.92 Å². The summed E-state index contributed by atoms with van der Waals surface area (Å²) in [6.45, 7) is 0. The smallest absolute Gasteiger partial charge is 0.266 e. The first-order valence-corrected chi connectivity index (χ1v) is 8.76. The lowest BCUT2D eigenvalue weighted by molar-refractivity contribution is -0.384. The highest BCUT2D eigenvalue weighted by Gasteiger charge is 2.13.